The number of ether oxygens (including phenoxy) is 1. The Morgan fingerprint density at radius 2 is 1.68 bits per heavy atom. The van der Waals surface area contributed by atoms with Crippen molar-refractivity contribution in [3.8, 4) is 5.75 Å². The van der Waals surface area contributed by atoms with E-state index in [4.69, 9.17) is 9.15 Å². The smallest absolute Gasteiger partial charge is 0.422 e. The Morgan fingerprint density at radius 3 is 2.36 bits per heavy atom. The van der Waals surface area contributed by atoms with Crippen molar-refractivity contribution in [2.75, 3.05) is 6.61 Å². The van der Waals surface area contributed by atoms with Crippen LogP contribution in [-0.2, 0) is 12.0 Å². The van der Waals surface area contributed by atoms with Crippen LogP contribution < -0.4 is 16.1 Å². The van der Waals surface area contributed by atoms with E-state index in [2.05, 4.69) is 20.8 Å². The molecule has 0 aliphatic carbocycles. The highest BCUT2D eigenvalue weighted by Gasteiger charge is 2.13. The first-order valence-electron chi connectivity index (χ1n) is 8.22. The van der Waals surface area contributed by atoms with Gasteiger partial charge in [0.15, 0.2) is 0 Å². The minimum Gasteiger partial charge on any atom is -0.492 e. The van der Waals surface area contributed by atoms with E-state index in [-0.39, 0.29) is 5.41 Å². The molecule has 0 amide bonds. The molecule has 1 aromatic heterocycles. The zero-order valence-electron chi connectivity index (χ0n) is 14.6. The Morgan fingerprint density at radius 1 is 1.00 bits per heavy atom. The summed E-state index contributed by atoms with van der Waals surface area (Å²) in [7, 11) is 0. The second kappa shape index (κ2) is 6.59. The molecule has 0 spiro atoms. The molecular formula is C20H21NO4. The van der Waals surface area contributed by atoms with Gasteiger partial charge in [0.05, 0.1) is 17.4 Å². The molecule has 25 heavy (non-hydrogen) atoms. The van der Waals surface area contributed by atoms with Crippen molar-refractivity contribution in [3.05, 3.63) is 75.1 Å². The van der Waals surface area contributed by atoms with Crippen molar-refractivity contribution in [1.82, 2.24) is 4.57 Å². The second-order valence-corrected chi connectivity index (χ2v) is 6.95. The van der Waals surface area contributed by atoms with E-state index < -0.39 is 11.4 Å². The lowest BCUT2D eigenvalue weighted by Gasteiger charge is -2.19. The van der Waals surface area contributed by atoms with Crippen LogP contribution in [0, 0.1) is 0 Å². The maximum Gasteiger partial charge on any atom is 0.422 e. The number of aromatic nitrogens is 1. The summed E-state index contributed by atoms with van der Waals surface area (Å²) in [6, 6.07) is 14.8. The van der Waals surface area contributed by atoms with E-state index in [1.54, 1.807) is 24.3 Å². The highest BCUT2D eigenvalue weighted by molar-refractivity contribution is 5.77. The standard InChI is InChI=1S/C20H21NO4/c1-20(2,3)14-8-10-15(11-9-14)24-13-12-21-17-7-5-4-6-16(17)18(22)25-19(21)23/h4-11H,12-13H2,1-3H3. The van der Waals surface area contributed by atoms with Crippen molar-refractivity contribution in [2.45, 2.75) is 32.7 Å². The third-order valence-corrected chi connectivity index (χ3v) is 4.12. The summed E-state index contributed by atoms with van der Waals surface area (Å²) < 4.78 is 11.9. The first kappa shape index (κ1) is 17.0. The molecular weight excluding hydrogens is 318 g/mol. The summed E-state index contributed by atoms with van der Waals surface area (Å²) in [5.41, 5.74) is 1.25. The SMILES string of the molecule is CC(C)(C)c1ccc(OCCn2c(=O)oc(=O)c3ccccc32)cc1. The lowest BCUT2D eigenvalue weighted by Crippen LogP contribution is -2.27. The van der Waals surface area contributed by atoms with E-state index in [0.717, 1.165) is 5.75 Å². The van der Waals surface area contributed by atoms with Gasteiger partial charge in [0.1, 0.15) is 12.4 Å². The molecule has 0 saturated carbocycles. The Balaban J connectivity index is 1.76. The monoisotopic (exact) mass is 339 g/mol. The summed E-state index contributed by atoms with van der Waals surface area (Å²) in [6.45, 7) is 7.06. The fourth-order valence-electron chi connectivity index (χ4n) is 2.69. The molecule has 5 nitrogen and oxygen atoms in total. The minimum absolute atomic E-state index is 0.0896. The third kappa shape index (κ3) is 3.65. The van der Waals surface area contributed by atoms with Gasteiger partial charge in [-0.1, -0.05) is 45.0 Å². The van der Waals surface area contributed by atoms with Crippen molar-refractivity contribution in [3.63, 3.8) is 0 Å². The van der Waals surface area contributed by atoms with Gasteiger partial charge in [-0.3, -0.25) is 4.57 Å². The van der Waals surface area contributed by atoms with Crippen LogP contribution in [0.3, 0.4) is 0 Å². The summed E-state index contributed by atoms with van der Waals surface area (Å²) in [6.07, 6.45) is 0. The van der Waals surface area contributed by atoms with Crippen LogP contribution in [0.4, 0.5) is 0 Å². The maximum atomic E-state index is 12.0. The molecule has 3 aromatic rings. The quantitative estimate of drug-likeness (QED) is 0.731. The van der Waals surface area contributed by atoms with E-state index in [0.29, 0.717) is 24.1 Å². The number of hydrogen-bond donors (Lipinski definition) is 0. The highest BCUT2D eigenvalue weighted by Crippen LogP contribution is 2.24. The number of fused-ring (bicyclic) bond motifs is 1. The molecule has 0 fully saturated rings. The largest absolute Gasteiger partial charge is 0.492 e. The summed E-state index contributed by atoms with van der Waals surface area (Å²) in [5, 5.41) is 0.386. The van der Waals surface area contributed by atoms with Crippen molar-refractivity contribution in [2.24, 2.45) is 0 Å². The van der Waals surface area contributed by atoms with Gasteiger partial charge in [-0.2, -0.15) is 0 Å². The van der Waals surface area contributed by atoms with E-state index >= 15 is 0 Å². The van der Waals surface area contributed by atoms with Gasteiger partial charge >= 0.3 is 11.4 Å². The van der Waals surface area contributed by atoms with Crippen LogP contribution >= 0.6 is 0 Å². The van der Waals surface area contributed by atoms with E-state index in [1.807, 2.05) is 24.3 Å². The topological polar surface area (TPSA) is 61.4 Å². The van der Waals surface area contributed by atoms with Crippen LogP contribution in [0.5, 0.6) is 5.75 Å². The highest BCUT2D eigenvalue weighted by atomic mass is 16.5. The minimum atomic E-state index is -0.671. The zero-order chi connectivity index (χ0) is 18.0. The second-order valence-electron chi connectivity index (χ2n) is 6.95. The molecule has 0 unspecified atom stereocenters. The lowest BCUT2D eigenvalue weighted by atomic mass is 9.87. The van der Waals surface area contributed by atoms with Crippen molar-refractivity contribution in [1.29, 1.82) is 0 Å². The van der Waals surface area contributed by atoms with Crippen molar-refractivity contribution < 1.29 is 9.15 Å². The Labute approximate surface area is 145 Å². The molecule has 0 atom stereocenters. The van der Waals surface area contributed by atoms with Gasteiger partial charge in [-0.05, 0) is 35.2 Å². The van der Waals surface area contributed by atoms with Gasteiger partial charge in [0.25, 0.3) is 0 Å². The van der Waals surface area contributed by atoms with Crippen LogP contribution in [0.15, 0.2) is 62.5 Å². The predicted octanol–water partition coefficient (Wildman–Crippen LogP) is 3.33. The third-order valence-electron chi connectivity index (χ3n) is 4.12. The molecule has 3 rings (SSSR count). The van der Waals surface area contributed by atoms with Crippen LogP contribution in [0.25, 0.3) is 10.9 Å². The fourth-order valence-corrected chi connectivity index (χ4v) is 2.69. The average molecular weight is 339 g/mol. The van der Waals surface area contributed by atoms with Gasteiger partial charge in [0, 0.05) is 0 Å². The zero-order valence-corrected chi connectivity index (χ0v) is 14.6. The normalized spacial score (nSPS) is 11.6. The molecule has 0 N–H and O–H groups in total. The molecule has 130 valence electrons. The Hall–Kier alpha value is -2.82. The molecule has 0 radical (unpaired) electrons. The molecule has 0 saturated heterocycles. The Kier molecular flexibility index (Phi) is 4.49. The van der Waals surface area contributed by atoms with Crippen LogP contribution in [0.1, 0.15) is 26.3 Å². The molecule has 1 heterocycles. The number of rotatable bonds is 4. The van der Waals surface area contributed by atoms with Crippen molar-refractivity contribution >= 4 is 10.9 Å². The number of para-hydroxylation sites is 1. The molecule has 5 heteroatoms. The Bertz CT molecular complexity index is 991. The summed E-state index contributed by atoms with van der Waals surface area (Å²) >= 11 is 0. The summed E-state index contributed by atoms with van der Waals surface area (Å²) in [4.78, 5) is 23.7. The lowest BCUT2D eigenvalue weighted by molar-refractivity contribution is 0.287. The van der Waals surface area contributed by atoms with Crippen LogP contribution in [-0.4, -0.2) is 11.2 Å². The van der Waals surface area contributed by atoms with Gasteiger partial charge in [0.2, 0.25) is 0 Å². The first-order valence-corrected chi connectivity index (χ1v) is 8.22. The molecule has 0 aliphatic heterocycles. The van der Waals surface area contributed by atoms with E-state index in [9.17, 15) is 9.59 Å². The van der Waals surface area contributed by atoms with Gasteiger partial charge in [-0.15, -0.1) is 0 Å². The molecule has 0 aliphatic rings. The fraction of sp³-hybridized carbons (Fsp3) is 0.300. The average Bonchev–Trinajstić information content (AvgIpc) is 2.57. The number of benzene rings is 2. The maximum absolute atomic E-state index is 12.0. The number of hydrogen-bond acceptors (Lipinski definition) is 4. The summed E-state index contributed by atoms with van der Waals surface area (Å²) in [5.74, 6) is 0.0677. The molecule has 0 bridgehead atoms. The van der Waals surface area contributed by atoms with Gasteiger partial charge < -0.3 is 9.15 Å². The van der Waals surface area contributed by atoms with Gasteiger partial charge in [-0.25, -0.2) is 9.59 Å². The van der Waals surface area contributed by atoms with E-state index in [1.165, 1.54) is 10.1 Å². The van der Waals surface area contributed by atoms with Crippen LogP contribution in [0.2, 0.25) is 0 Å². The first-order chi connectivity index (χ1) is 11.9. The number of nitrogens with zero attached hydrogens (tertiary/aromatic N) is 1. The molecule has 2 aromatic carbocycles. The predicted molar refractivity (Wildman–Crippen MR) is 97.4 cm³/mol.